The summed E-state index contributed by atoms with van der Waals surface area (Å²) < 4.78 is 127. The van der Waals surface area contributed by atoms with E-state index in [1.807, 2.05) is 0 Å². The van der Waals surface area contributed by atoms with Crippen molar-refractivity contribution in [2.45, 2.75) is 88.4 Å². The number of carbonyl (C=O) groups is 9. The average Bonchev–Trinajstić information content (AvgIpc) is 1.01. The third kappa shape index (κ3) is 27.9. The lowest BCUT2D eigenvalue weighted by Gasteiger charge is -2.38. The van der Waals surface area contributed by atoms with E-state index < -0.39 is 116 Å². The summed E-state index contributed by atoms with van der Waals surface area (Å²) in [6.07, 6.45) is -6.96. The van der Waals surface area contributed by atoms with Gasteiger partial charge in [-0.05, 0) is 68.9 Å². The number of nitrogens with zero attached hydrogens (tertiary/aromatic N) is 6. The predicted molar refractivity (Wildman–Crippen MR) is 306 cm³/mol. The molecule has 0 aliphatic carbocycles. The Labute approximate surface area is 516 Å². The van der Waals surface area contributed by atoms with Crippen molar-refractivity contribution in [3.05, 3.63) is 70.5 Å². The number of ketones is 1. The van der Waals surface area contributed by atoms with Crippen LogP contribution in [0.5, 0.6) is 0 Å². The number of aryl methyl sites for hydroxylation is 3. The summed E-state index contributed by atoms with van der Waals surface area (Å²) in [7, 11) is -9.08. The minimum Gasteiger partial charge on any atom is -0.480 e. The number of aliphatic carboxylic acids is 6. The van der Waals surface area contributed by atoms with E-state index in [0.717, 1.165) is 5.56 Å². The molecule has 0 spiro atoms. The third-order valence-corrected chi connectivity index (χ3v) is 16.1. The molecule has 2 aliphatic rings. The van der Waals surface area contributed by atoms with Gasteiger partial charge < -0.3 is 56.5 Å². The highest BCUT2D eigenvalue weighted by molar-refractivity contribution is 7.89. The van der Waals surface area contributed by atoms with E-state index in [4.69, 9.17) is 19.8 Å². The lowest BCUT2D eigenvalue weighted by molar-refractivity contribution is -0.193. The molecule has 1 saturated heterocycles. The van der Waals surface area contributed by atoms with E-state index in [-0.39, 0.29) is 128 Å². The highest BCUT2D eigenvalue weighted by Gasteiger charge is 2.40. The lowest BCUT2D eigenvalue weighted by Crippen LogP contribution is -2.55. The molecule has 3 atom stereocenters. The summed E-state index contributed by atoms with van der Waals surface area (Å²) >= 11 is 0. The van der Waals surface area contributed by atoms with Crippen LogP contribution in [0.15, 0.2) is 47.6 Å². The van der Waals surface area contributed by atoms with Crippen molar-refractivity contribution in [1.82, 2.24) is 44.9 Å². The van der Waals surface area contributed by atoms with Crippen LogP contribution in [0.2, 0.25) is 0 Å². The number of benzene rings is 2. The number of unbranched alkanes of at least 4 members (excludes halogenated alkanes) is 1. The zero-order chi connectivity index (χ0) is 68.8. The molecule has 31 nitrogen and oxygen atoms in total. The van der Waals surface area contributed by atoms with Crippen molar-refractivity contribution in [1.29, 1.82) is 0 Å². The fourth-order valence-electron chi connectivity index (χ4n) is 9.50. The number of alkyl halides is 6. The summed E-state index contributed by atoms with van der Waals surface area (Å²) in [4.78, 5) is 122. The van der Waals surface area contributed by atoms with E-state index in [0.29, 0.717) is 28.3 Å². The quantitative estimate of drug-likeness (QED) is 0.0296. The van der Waals surface area contributed by atoms with Gasteiger partial charge in [0.2, 0.25) is 21.8 Å². The second kappa shape index (κ2) is 34.9. The van der Waals surface area contributed by atoms with Crippen LogP contribution in [0.4, 0.5) is 38.0 Å². The number of carbonyl (C=O) groups excluding carboxylic acids is 3. The van der Waals surface area contributed by atoms with Gasteiger partial charge >= 0.3 is 48.2 Å². The Kier molecular flexibility index (Phi) is 29.6. The first-order valence-corrected chi connectivity index (χ1v) is 30.4. The molecule has 508 valence electrons. The van der Waals surface area contributed by atoms with Gasteiger partial charge in [0, 0.05) is 108 Å². The third-order valence-electron chi connectivity index (χ3n) is 13.5. The van der Waals surface area contributed by atoms with Crippen LogP contribution >= 0.6 is 0 Å². The number of fused-ring (bicyclic) bond motifs is 1. The largest absolute Gasteiger partial charge is 0.490 e. The molecule has 91 heavy (non-hydrogen) atoms. The van der Waals surface area contributed by atoms with Crippen LogP contribution in [0.25, 0.3) is 0 Å². The maximum Gasteiger partial charge on any atom is 0.490 e. The Balaban J connectivity index is 0.00000138. The number of amides is 2. The number of hydrogen-bond donors (Lipinski definition) is 12. The zero-order valence-corrected chi connectivity index (χ0v) is 50.8. The fourth-order valence-corrected chi connectivity index (χ4v) is 11.9. The first-order valence-electron chi connectivity index (χ1n) is 27.3. The van der Waals surface area contributed by atoms with Gasteiger partial charge in [-0.2, -0.15) is 39.5 Å². The predicted octanol–water partition coefficient (Wildman–Crippen LogP) is 0.541. The molecule has 3 heterocycles. The van der Waals surface area contributed by atoms with Gasteiger partial charge in [-0.25, -0.2) is 23.0 Å². The molecule has 0 radical (unpaired) electrons. The normalized spacial score (nSPS) is 16.6. The van der Waals surface area contributed by atoms with Gasteiger partial charge in [-0.3, -0.25) is 57.7 Å². The van der Waals surface area contributed by atoms with E-state index in [1.165, 1.54) is 0 Å². The molecule has 0 bridgehead atoms. The Morgan fingerprint density at radius 2 is 1.18 bits per heavy atom. The monoisotopic (exact) mass is 1350 g/mol. The number of hydrogen-bond acceptors (Lipinski definition) is 20. The van der Waals surface area contributed by atoms with Crippen LogP contribution in [-0.4, -0.2) is 263 Å². The van der Waals surface area contributed by atoms with Crippen molar-refractivity contribution < 1.29 is 122 Å². The molecule has 3 aromatic rings. The van der Waals surface area contributed by atoms with E-state index in [2.05, 4.69) is 30.6 Å². The van der Waals surface area contributed by atoms with Crippen LogP contribution in [0.3, 0.4) is 0 Å². The molecule has 2 amide bonds. The Morgan fingerprint density at radius 3 is 1.59 bits per heavy atom. The van der Waals surface area contributed by atoms with Crippen molar-refractivity contribution >= 4 is 85.2 Å². The number of aromatic nitrogens is 2. The zero-order valence-electron chi connectivity index (χ0n) is 49.1. The number of imidazole rings is 1. The van der Waals surface area contributed by atoms with Crippen molar-refractivity contribution in [2.75, 3.05) is 108 Å². The molecule has 2 aromatic carbocycles. The number of Topliss-reactive ketones (excluding diaryl/α,β-unsaturated/α-hetero) is 1. The molecule has 1 fully saturated rings. The summed E-state index contributed by atoms with van der Waals surface area (Å²) in [5.74, 6) is -12.7. The second-order valence-corrected chi connectivity index (χ2v) is 24.0. The minimum absolute atomic E-state index is 0.0128. The summed E-state index contributed by atoms with van der Waals surface area (Å²) in [5.41, 5.74) is 2.90. The lowest BCUT2D eigenvalue weighted by atomic mass is 9.92. The first kappa shape index (κ1) is 77.2. The van der Waals surface area contributed by atoms with Gasteiger partial charge in [0.15, 0.2) is 11.7 Å². The summed E-state index contributed by atoms with van der Waals surface area (Å²) in [6, 6.07) is 4.13. The van der Waals surface area contributed by atoms with Crippen LogP contribution in [0.1, 0.15) is 58.3 Å². The fraction of sp³-hybridized carbons (Fsp3) is 0.538. The number of carboxylic acids is 6. The Bertz CT molecular complexity index is 3190. The number of H-pyrrole nitrogens is 1. The van der Waals surface area contributed by atoms with Gasteiger partial charge in [-0.1, -0.05) is 23.8 Å². The first-order chi connectivity index (χ1) is 42.1. The minimum atomic E-state index is -5.08. The number of aromatic amines is 1. The molecule has 1 unspecified atom stereocenters. The smallest absolute Gasteiger partial charge is 0.480 e. The van der Waals surface area contributed by atoms with Gasteiger partial charge in [0.05, 0.1) is 36.8 Å². The Hall–Kier alpha value is -8.08. The topological polar surface area (TPSA) is 457 Å². The van der Waals surface area contributed by atoms with Gasteiger partial charge in [0.1, 0.15) is 12.1 Å². The number of sulfonamides is 1. The van der Waals surface area contributed by atoms with E-state index in [9.17, 15) is 102 Å². The molecule has 2 aliphatic heterocycles. The molecule has 1 aromatic heterocycles. The molecule has 39 heteroatoms. The van der Waals surface area contributed by atoms with Gasteiger partial charge in [-0.15, -0.1) is 0 Å². The highest BCUT2D eigenvalue weighted by atomic mass is 32.2. The van der Waals surface area contributed by atoms with Crippen molar-refractivity contribution in [3.63, 3.8) is 0 Å². The van der Waals surface area contributed by atoms with Crippen LogP contribution in [-0.2, 0) is 65.0 Å². The standard InChI is InChI=1S/C48H69N11O16S2.2C2HF3O2/c1-31-20-32(2)45(33(3)21-31)77(74,75)54-37(47(69)70)25-51-46(68)39-23-40(60)36-8-7-34(24-52-48-49-9-10-50-48)22-38(36)59(39)11-5-4-6-35(30-76(71,72)73)53-41(61)26-55-12-14-56(27-42(62)63)16-18-58(29-44(66)67)19-17-57(15-13-55)28-43(64)65;2*3-2(4,5)1(6)7/h7-10,20-22,35,37,39,54H,4-6,11-19,23-30H2,1-3H3,(H,51,68)(H,53,61)(H,62,63)(H,64,65)(H,66,67)(H,69,70)(H2,49,50,52)(H,71,72,73);2*(H,6,7)/t35-,37+,39?;;/m1../s1. The molecular formula is C52H71F6N11O20S2. The molecule has 5 rings (SSSR count). The number of carboxylic acid groups (broad SMARTS) is 6. The summed E-state index contributed by atoms with van der Waals surface area (Å²) in [5, 5.41) is 61.4. The molecule has 12 N–H and O–H groups in total. The Morgan fingerprint density at radius 1 is 0.703 bits per heavy atom. The maximum atomic E-state index is 14.2. The average molecular weight is 1350 g/mol. The maximum absolute atomic E-state index is 14.2. The summed E-state index contributed by atoms with van der Waals surface area (Å²) in [6.45, 7) is 4.15. The van der Waals surface area contributed by atoms with Crippen molar-refractivity contribution in [2.24, 2.45) is 0 Å². The number of halogens is 6. The number of anilines is 2. The molecule has 0 saturated carbocycles. The SMILES string of the molecule is Cc1cc(C)c(S(=O)(=O)N[C@@H](CNC(=O)C2CC(=O)c3ccc(CNc4ncc[nH]4)cc3N2CCCC[C@H](CS(=O)(=O)O)NC(=O)CN2CCN(CC(=O)O)CCN(CC(=O)O)CCN(CC(=O)O)CC2)C(=O)O)c(C)c1.O=C(O)C(F)(F)F.O=C(O)C(F)(F)F. The number of rotatable bonds is 26. The van der Waals surface area contributed by atoms with Crippen LogP contribution < -0.4 is 25.6 Å². The molecular weight excluding hydrogens is 1280 g/mol. The van der Waals surface area contributed by atoms with E-state index >= 15 is 0 Å². The van der Waals surface area contributed by atoms with Crippen molar-refractivity contribution in [3.8, 4) is 0 Å². The number of nitrogens with one attached hydrogen (secondary N) is 5. The highest BCUT2D eigenvalue weighted by Crippen LogP contribution is 2.33. The van der Waals surface area contributed by atoms with Crippen LogP contribution in [0, 0.1) is 20.8 Å². The second-order valence-electron chi connectivity index (χ2n) is 20.9. The van der Waals surface area contributed by atoms with E-state index in [1.54, 1.807) is 88.0 Å². The van der Waals surface area contributed by atoms with Gasteiger partial charge in [0.25, 0.3) is 10.1 Å².